The maximum Gasteiger partial charge on any atom is 0.264 e. The molecule has 0 aromatic heterocycles. The molecule has 0 aliphatic carbocycles. The molecule has 1 aliphatic heterocycles. The van der Waals surface area contributed by atoms with E-state index >= 15 is 0 Å². The molecule has 27 heavy (non-hydrogen) atoms. The predicted octanol–water partition coefficient (Wildman–Crippen LogP) is 2.69. The zero-order valence-corrected chi connectivity index (χ0v) is 15.2. The molecule has 1 unspecified atom stereocenters. The van der Waals surface area contributed by atoms with Crippen LogP contribution in [0.15, 0.2) is 47.6 Å². The van der Waals surface area contributed by atoms with Gasteiger partial charge in [0.25, 0.3) is 5.91 Å². The number of nitrogens with one attached hydrogen (secondary N) is 1. The number of hydrogen-bond donors (Lipinski definition) is 1. The van der Waals surface area contributed by atoms with E-state index in [1.807, 2.05) is 18.2 Å². The van der Waals surface area contributed by atoms with Crippen molar-refractivity contribution in [3.05, 3.63) is 59.4 Å². The third-order valence-corrected chi connectivity index (χ3v) is 4.31. The fourth-order valence-electron chi connectivity index (χ4n) is 2.85. The number of ether oxygens (including phenoxy) is 2. The lowest BCUT2D eigenvalue weighted by Gasteiger charge is -2.11. The third kappa shape index (κ3) is 4.36. The number of nitrogens with zero attached hydrogens (tertiary/aromatic N) is 1. The van der Waals surface area contributed by atoms with Crippen LogP contribution in [0.3, 0.4) is 0 Å². The van der Waals surface area contributed by atoms with Gasteiger partial charge in [0, 0.05) is 18.5 Å². The SMILES string of the molecule is COc1ccc(CCNC(=O)C2CC(c3ccccc3F)=NO2)cc1OC. The van der Waals surface area contributed by atoms with Gasteiger partial charge in [-0.05, 0) is 30.2 Å². The Labute approximate surface area is 156 Å². The van der Waals surface area contributed by atoms with Gasteiger partial charge < -0.3 is 19.6 Å². The Morgan fingerprint density at radius 1 is 1.22 bits per heavy atom. The van der Waals surface area contributed by atoms with Crippen LogP contribution in [0.2, 0.25) is 0 Å². The molecule has 0 bridgehead atoms. The van der Waals surface area contributed by atoms with Crippen LogP contribution in [-0.4, -0.2) is 38.5 Å². The van der Waals surface area contributed by atoms with E-state index in [2.05, 4.69) is 10.5 Å². The molecule has 0 radical (unpaired) electrons. The van der Waals surface area contributed by atoms with Gasteiger partial charge in [-0.3, -0.25) is 4.79 Å². The van der Waals surface area contributed by atoms with E-state index in [9.17, 15) is 9.18 Å². The van der Waals surface area contributed by atoms with Crippen molar-refractivity contribution in [2.75, 3.05) is 20.8 Å². The van der Waals surface area contributed by atoms with Crippen molar-refractivity contribution in [2.24, 2.45) is 5.16 Å². The molecule has 0 saturated carbocycles. The molecule has 6 nitrogen and oxygen atoms in total. The molecule has 2 aromatic rings. The van der Waals surface area contributed by atoms with Crippen LogP contribution in [0.4, 0.5) is 4.39 Å². The zero-order valence-electron chi connectivity index (χ0n) is 15.2. The summed E-state index contributed by atoms with van der Waals surface area (Å²) in [4.78, 5) is 17.5. The van der Waals surface area contributed by atoms with Gasteiger partial charge in [0.05, 0.1) is 19.9 Å². The quantitative estimate of drug-likeness (QED) is 0.811. The maximum atomic E-state index is 13.8. The number of amides is 1. The van der Waals surface area contributed by atoms with Crippen molar-refractivity contribution in [1.29, 1.82) is 0 Å². The Morgan fingerprint density at radius 2 is 2.00 bits per heavy atom. The Morgan fingerprint density at radius 3 is 2.74 bits per heavy atom. The fourth-order valence-corrected chi connectivity index (χ4v) is 2.85. The molecular formula is C20H21FN2O4. The molecule has 7 heteroatoms. The van der Waals surface area contributed by atoms with Gasteiger partial charge in [0.2, 0.25) is 6.10 Å². The summed E-state index contributed by atoms with van der Waals surface area (Å²) in [6.07, 6.45) is 0.119. The standard InChI is InChI=1S/C20H21FN2O4/c1-25-17-8-7-13(11-18(17)26-2)9-10-22-20(24)19-12-16(23-27-19)14-5-3-4-6-15(14)21/h3-8,11,19H,9-10,12H2,1-2H3,(H,22,24). The number of methoxy groups -OCH3 is 2. The molecule has 142 valence electrons. The summed E-state index contributed by atoms with van der Waals surface area (Å²) in [6.45, 7) is 0.434. The molecular weight excluding hydrogens is 351 g/mol. The Kier molecular flexibility index (Phi) is 5.90. The van der Waals surface area contributed by atoms with Crippen molar-refractivity contribution in [2.45, 2.75) is 18.9 Å². The number of rotatable bonds is 7. The van der Waals surface area contributed by atoms with Gasteiger partial charge in [0.15, 0.2) is 11.5 Å². The normalized spacial score (nSPS) is 15.7. The van der Waals surface area contributed by atoms with E-state index in [1.54, 1.807) is 32.4 Å². The summed E-state index contributed by atoms with van der Waals surface area (Å²) < 4.78 is 24.3. The highest BCUT2D eigenvalue weighted by Gasteiger charge is 2.29. The first-order valence-electron chi connectivity index (χ1n) is 8.58. The summed E-state index contributed by atoms with van der Waals surface area (Å²) in [5.74, 6) is 0.644. The Bertz CT molecular complexity index is 854. The lowest BCUT2D eigenvalue weighted by atomic mass is 10.0. The Hall–Kier alpha value is -3.09. The number of halogens is 1. The topological polar surface area (TPSA) is 69.2 Å². The van der Waals surface area contributed by atoms with Crippen molar-refractivity contribution in [3.63, 3.8) is 0 Å². The largest absolute Gasteiger partial charge is 0.493 e. The van der Waals surface area contributed by atoms with Gasteiger partial charge in [-0.2, -0.15) is 0 Å². The van der Waals surface area contributed by atoms with Crippen LogP contribution in [0.5, 0.6) is 11.5 Å². The van der Waals surface area contributed by atoms with E-state index in [1.165, 1.54) is 6.07 Å². The average molecular weight is 372 g/mol. The van der Waals surface area contributed by atoms with E-state index in [-0.39, 0.29) is 18.1 Å². The third-order valence-electron chi connectivity index (χ3n) is 4.31. The molecule has 1 N–H and O–H groups in total. The first-order valence-corrected chi connectivity index (χ1v) is 8.58. The van der Waals surface area contributed by atoms with Crippen molar-refractivity contribution in [1.82, 2.24) is 5.32 Å². The van der Waals surface area contributed by atoms with Crippen LogP contribution >= 0.6 is 0 Å². The minimum atomic E-state index is -0.745. The highest BCUT2D eigenvalue weighted by atomic mass is 19.1. The van der Waals surface area contributed by atoms with Gasteiger partial charge in [-0.15, -0.1) is 0 Å². The summed E-state index contributed by atoms with van der Waals surface area (Å²) in [6, 6.07) is 11.9. The molecule has 1 aliphatic rings. The highest BCUT2D eigenvalue weighted by Crippen LogP contribution is 2.27. The first kappa shape index (κ1) is 18.7. The zero-order chi connectivity index (χ0) is 19.2. The van der Waals surface area contributed by atoms with E-state index in [4.69, 9.17) is 14.3 Å². The molecule has 2 aromatic carbocycles. The van der Waals surface area contributed by atoms with E-state index < -0.39 is 6.10 Å². The second-order valence-electron chi connectivity index (χ2n) is 6.05. The highest BCUT2D eigenvalue weighted by molar-refractivity contribution is 6.04. The summed E-state index contributed by atoms with van der Waals surface area (Å²) in [7, 11) is 3.16. The van der Waals surface area contributed by atoms with Gasteiger partial charge >= 0.3 is 0 Å². The molecule has 0 fully saturated rings. The first-order chi connectivity index (χ1) is 13.1. The number of hydrogen-bond acceptors (Lipinski definition) is 5. The second-order valence-corrected chi connectivity index (χ2v) is 6.05. The average Bonchev–Trinajstić information content (AvgIpc) is 3.18. The molecule has 3 rings (SSSR count). The number of benzene rings is 2. The van der Waals surface area contributed by atoms with Crippen LogP contribution in [0.25, 0.3) is 0 Å². The molecule has 0 spiro atoms. The van der Waals surface area contributed by atoms with Crippen LogP contribution in [0.1, 0.15) is 17.5 Å². The van der Waals surface area contributed by atoms with Gasteiger partial charge in [-0.25, -0.2) is 4.39 Å². The summed E-state index contributed by atoms with van der Waals surface area (Å²) >= 11 is 0. The molecule has 0 saturated heterocycles. The van der Waals surface area contributed by atoms with Gasteiger partial charge in [-0.1, -0.05) is 29.4 Å². The van der Waals surface area contributed by atoms with Crippen molar-refractivity contribution >= 4 is 11.6 Å². The number of carbonyl (C=O) groups excluding carboxylic acids is 1. The number of oxime groups is 1. The maximum absolute atomic E-state index is 13.8. The molecule has 1 heterocycles. The lowest BCUT2D eigenvalue weighted by Crippen LogP contribution is -2.36. The molecule has 1 amide bonds. The van der Waals surface area contributed by atoms with Gasteiger partial charge in [0.1, 0.15) is 5.82 Å². The van der Waals surface area contributed by atoms with Crippen LogP contribution in [0, 0.1) is 5.82 Å². The minimum absolute atomic E-state index is 0.239. The fraction of sp³-hybridized carbons (Fsp3) is 0.300. The molecule has 1 atom stereocenters. The summed E-state index contributed by atoms with van der Waals surface area (Å²) in [5, 5.41) is 6.69. The Balaban J connectivity index is 1.50. The van der Waals surface area contributed by atoms with Crippen LogP contribution < -0.4 is 14.8 Å². The predicted molar refractivity (Wildman–Crippen MR) is 98.7 cm³/mol. The van der Waals surface area contributed by atoms with E-state index in [0.29, 0.717) is 35.7 Å². The van der Waals surface area contributed by atoms with Crippen LogP contribution in [-0.2, 0) is 16.1 Å². The van der Waals surface area contributed by atoms with Crippen molar-refractivity contribution < 1.29 is 23.5 Å². The lowest BCUT2D eigenvalue weighted by molar-refractivity contribution is -0.131. The number of carbonyl (C=O) groups is 1. The monoisotopic (exact) mass is 372 g/mol. The van der Waals surface area contributed by atoms with E-state index in [0.717, 1.165) is 5.56 Å². The summed E-state index contributed by atoms with van der Waals surface area (Å²) in [5.41, 5.74) is 1.80. The minimum Gasteiger partial charge on any atom is -0.493 e. The smallest absolute Gasteiger partial charge is 0.264 e. The van der Waals surface area contributed by atoms with Crippen molar-refractivity contribution in [3.8, 4) is 11.5 Å². The second kappa shape index (κ2) is 8.53.